The average Bonchev–Trinajstić information content (AvgIpc) is 2.42. The molecule has 0 saturated carbocycles. The molecule has 0 spiro atoms. The minimum atomic E-state index is -0.643. The summed E-state index contributed by atoms with van der Waals surface area (Å²) >= 11 is 5.61. The lowest BCUT2D eigenvalue weighted by molar-refractivity contribution is -0.384. The number of nitro benzene ring substituents is 1. The van der Waals surface area contributed by atoms with Gasteiger partial charge in [-0.25, -0.2) is 9.82 Å². The zero-order chi connectivity index (χ0) is 14.5. The quantitative estimate of drug-likeness (QED) is 0.654. The number of para-hydroxylation sites is 1. The zero-order valence-corrected chi connectivity index (χ0v) is 11.0. The van der Waals surface area contributed by atoms with Crippen LogP contribution in [0.15, 0.2) is 42.5 Å². The maximum absolute atomic E-state index is 13.6. The van der Waals surface area contributed by atoms with Crippen LogP contribution in [0.2, 0.25) is 5.02 Å². The number of benzene rings is 2. The molecule has 0 radical (unpaired) electrons. The van der Waals surface area contributed by atoms with Gasteiger partial charge >= 0.3 is 0 Å². The fourth-order valence-corrected chi connectivity index (χ4v) is 1.84. The molecule has 20 heavy (non-hydrogen) atoms. The van der Waals surface area contributed by atoms with Crippen molar-refractivity contribution >= 4 is 23.0 Å². The Kier molecular flexibility index (Phi) is 4.49. The molecule has 0 heterocycles. The first-order valence-corrected chi connectivity index (χ1v) is 6.12. The summed E-state index contributed by atoms with van der Waals surface area (Å²) in [5, 5.41) is 10.5. The maximum atomic E-state index is 13.6. The first-order valence-electron chi connectivity index (χ1n) is 5.74. The Morgan fingerprint density at radius 2 is 1.95 bits per heavy atom. The molecule has 2 aromatic carbocycles. The number of anilines is 1. The van der Waals surface area contributed by atoms with E-state index < -0.39 is 10.7 Å². The third-order valence-corrected chi connectivity index (χ3v) is 2.90. The number of hydrazine groups is 1. The molecule has 2 rings (SSSR count). The summed E-state index contributed by atoms with van der Waals surface area (Å²) in [6.45, 7) is 0.0821. The molecule has 0 aliphatic rings. The predicted octanol–water partition coefficient (Wildman–Crippen LogP) is 3.50. The standard InChI is InChI=1S/C13H11ClFN3O2/c14-11-7-12(15)9(6-13(11)18(19)20)8-16-17-10-4-2-1-3-5-10/h1-7,16-17H,8H2. The largest absolute Gasteiger partial charge is 0.321 e. The van der Waals surface area contributed by atoms with Gasteiger partial charge in [-0.15, -0.1) is 0 Å². The topological polar surface area (TPSA) is 67.2 Å². The zero-order valence-electron chi connectivity index (χ0n) is 10.3. The van der Waals surface area contributed by atoms with Gasteiger partial charge in [-0.05, 0) is 18.2 Å². The summed E-state index contributed by atoms with van der Waals surface area (Å²) in [4.78, 5) is 10.1. The van der Waals surface area contributed by atoms with E-state index in [1.54, 1.807) is 0 Å². The second-order valence-electron chi connectivity index (χ2n) is 4.00. The minimum absolute atomic E-state index is 0.0821. The Labute approximate surface area is 119 Å². The third-order valence-electron chi connectivity index (χ3n) is 2.60. The molecule has 0 bridgehead atoms. The summed E-state index contributed by atoms with van der Waals surface area (Å²) in [5.74, 6) is -0.594. The van der Waals surface area contributed by atoms with Crippen molar-refractivity contribution in [1.82, 2.24) is 5.43 Å². The van der Waals surface area contributed by atoms with Gasteiger partial charge in [0.15, 0.2) is 0 Å². The summed E-state index contributed by atoms with van der Waals surface area (Å²) in [6, 6.07) is 11.3. The molecule has 2 aromatic rings. The SMILES string of the molecule is O=[N+]([O-])c1cc(CNNc2ccccc2)c(F)cc1Cl. The fourth-order valence-electron chi connectivity index (χ4n) is 1.62. The summed E-state index contributed by atoms with van der Waals surface area (Å²) in [6.07, 6.45) is 0. The van der Waals surface area contributed by atoms with Crippen LogP contribution in [0.3, 0.4) is 0 Å². The highest BCUT2D eigenvalue weighted by molar-refractivity contribution is 6.32. The molecule has 0 amide bonds. The molecule has 2 N–H and O–H groups in total. The van der Waals surface area contributed by atoms with Gasteiger partial charge in [-0.1, -0.05) is 29.8 Å². The Morgan fingerprint density at radius 1 is 1.25 bits per heavy atom. The van der Waals surface area contributed by atoms with Gasteiger partial charge in [0.25, 0.3) is 5.69 Å². The summed E-state index contributed by atoms with van der Waals surface area (Å²) < 4.78 is 13.6. The van der Waals surface area contributed by atoms with E-state index >= 15 is 0 Å². The van der Waals surface area contributed by atoms with Crippen LogP contribution in [-0.4, -0.2) is 4.92 Å². The van der Waals surface area contributed by atoms with E-state index in [9.17, 15) is 14.5 Å². The van der Waals surface area contributed by atoms with E-state index in [1.807, 2.05) is 30.3 Å². The van der Waals surface area contributed by atoms with Gasteiger partial charge in [0.2, 0.25) is 0 Å². The normalized spacial score (nSPS) is 10.3. The number of nitro groups is 1. The van der Waals surface area contributed by atoms with Crippen LogP contribution < -0.4 is 10.9 Å². The van der Waals surface area contributed by atoms with Crippen LogP contribution in [0.1, 0.15) is 5.56 Å². The Balaban J connectivity index is 2.06. The van der Waals surface area contributed by atoms with E-state index in [4.69, 9.17) is 11.6 Å². The van der Waals surface area contributed by atoms with Gasteiger partial charge < -0.3 is 5.43 Å². The Bertz CT molecular complexity index is 623. The molecule has 7 heteroatoms. The molecule has 0 aromatic heterocycles. The smallest absolute Gasteiger partial charge is 0.288 e. The van der Waals surface area contributed by atoms with Gasteiger partial charge in [-0.3, -0.25) is 10.1 Å². The molecule has 0 fully saturated rings. The minimum Gasteiger partial charge on any atom is -0.321 e. The van der Waals surface area contributed by atoms with E-state index in [0.29, 0.717) is 0 Å². The molecule has 0 aliphatic carbocycles. The van der Waals surface area contributed by atoms with Crippen LogP contribution in [-0.2, 0) is 6.54 Å². The lowest BCUT2D eigenvalue weighted by atomic mass is 10.2. The van der Waals surface area contributed by atoms with Crippen molar-refractivity contribution < 1.29 is 9.31 Å². The Morgan fingerprint density at radius 3 is 2.60 bits per heavy atom. The van der Waals surface area contributed by atoms with Crippen molar-refractivity contribution in [3.05, 3.63) is 69.0 Å². The first kappa shape index (κ1) is 14.2. The van der Waals surface area contributed by atoms with E-state index in [2.05, 4.69) is 10.9 Å². The fraction of sp³-hybridized carbons (Fsp3) is 0.0769. The van der Waals surface area contributed by atoms with E-state index in [0.717, 1.165) is 17.8 Å². The lowest BCUT2D eigenvalue weighted by Gasteiger charge is -2.09. The number of rotatable bonds is 5. The van der Waals surface area contributed by atoms with Crippen LogP contribution >= 0.6 is 11.6 Å². The van der Waals surface area contributed by atoms with Crippen molar-refractivity contribution in [2.24, 2.45) is 0 Å². The van der Waals surface area contributed by atoms with Crippen LogP contribution in [0.25, 0.3) is 0 Å². The van der Waals surface area contributed by atoms with Crippen LogP contribution in [0.5, 0.6) is 0 Å². The molecule has 0 atom stereocenters. The van der Waals surface area contributed by atoms with E-state index in [-0.39, 0.29) is 22.8 Å². The predicted molar refractivity (Wildman–Crippen MR) is 75.0 cm³/mol. The van der Waals surface area contributed by atoms with Crippen molar-refractivity contribution in [3.8, 4) is 0 Å². The van der Waals surface area contributed by atoms with Gasteiger partial charge in [-0.2, -0.15) is 0 Å². The average molecular weight is 296 g/mol. The van der Waals surface area contributed by atoms with Crippen molar-refractivity contribution in [3.63, 3.8) is 0 Å². The molecule has 0 saturated heterocycles. The summed E-state index contributed by atoms with van der Waals surface area (Å²) in [7, 11) is 0. The number of nitrogens with zero attached hydrogens (tertiary/aromatic N) is 1. The van der Waals surface area contributed by atoms with Crippen molar-refractivity contribution in [2.75, 3.05) is 5.43 Å². The van der Waals surface area contributed by atoms with Crippen molar-refractivity contribution in [1.29, 1.82) is 0 Å². The number of halogens is 2. The van der Waals surface area contributed by atoms with E-state index in [1.165, 1.54) is 0 Å². The molecular formula is C13H11ClFN3O2. The molecule has 104 valence electrons. The highest BCUT2D eigenvalue weighted by Gasteiger charge is 2.16. The lowest BCUT2D eigenvalue weighted by Crippen LogP contribution is -2.21. The Hall–Kier alpha value is -2.18. The first-order chi connectivity index (χ1) is 9.58. The highest BCUT2D eigenvalue weighted by Crippen LogP contribution is 2.27. The number of hydrogen-bond acceptors (Lipinski definition) is 4. The number of hydrogen-bond donors (Lipinski definition) is 2. The maximum Gasteiger partial charge on any atom is 0.288 e. The van der Waals surface area contributed by atoms with Gasteiger partial charge in [0.05, 0.1) is 4.92 Å². The second kappa shape index (κ2) is 6.31. The molecule has 5 nitrogen and oxygen atoms in total. The monoisotopic (exact) mass is 295 g/mol. The second-order valence-corrected chi connectivity index (χ2v) is 4.40. The molecule has 0 unspecified atom stereocenters. The molecule has 0 aliphatic heterocycles. The highest BCUT2D eigenvalue weighted by atomic mass is 35.5. The van der Waals surface area contributed by atoms with Crippen LogP contribution in [0, 0.1) is 15.9 Å². The molecular weight excluding hydrogens is 285 g/mol. The van der Waals surface area contributed by atoms with Crippen LogP contribution in [0.4, 0.5) is 15.8 Å². The third kappa shape index (κ3) is 3.43. The number of nitrogens with one attached hydrogen (secondary N) is 2. The van der Waals surface area contributed by atoms with Crippen molar-refractivity contribution in [2.45, 2.75) is 6.54 Å². The van der Waals surface area contributed by atoms with Gasteiger partial charge in [0, 0.05) is 23.9 Å². The van der Waals surface area contributed by atoms with Gasteiger partial charge in [0.1, 0.15) is 10.8 Å². The summed E-state index contributed by atoms with van der Waals surface area (Å²) in [5.41, 5.74) is 6.30.